The van der Waals surface area contributed by atoms with E-state index in [-0.39, 0.29) is 11.5 Å². The van der Waals surface area contributed by atoms with E-state index in [1.165, 1.54) is 11.1 Å². The Morgan fingerprint density at radius 2 is 1.95 bits per heavy atom. The second-order valence-corrected chi connectivity index (χ2v) is 7.46. The molecule has 0 radical (unpaired) electrons. The first-order valence-electron chi connectivity index (χ1n) is 6.74. The molecular formula is C17H16I2O2. The van der Waals surface area contributed by atoms with Gasteiger partial charge in [-0.3, -0.25) is 4.79 Å². The van der Waals surface area contributed by atoms with Crippen LogP contribution < -0.4 is 0 Å². The van der Waals surface area contributed by atoms with Crippen molar-refractivity contribution in [3.05, 3.63) is 60.2 Å². The SMILES string of the molecule is Cc1cccc(CCCC(=O)c2cc(I)cc(I)c2O)c1. The van der Waals surface area contributed by atoms with Gasteiger partial charge in [-0.25, -0.2) is 0 Å². The van der Waals surface area contributed by atoms with Gasteiger partial charge in [0.05, 0.1) is 9.13 Å². The third-order valence-corrected chi connectivity index (χ3v) is 4.73. The molecule has 2 rings (SSSR count). The van der Waals surface area contributed by atoms with E-state index in [9.17, 15) is 9.90 Å². The Bertz CT molecular complexity index is 666. The maximum atomic E-state index is 12.3. The van der Waals surface area contributed by atoms with Crippen LogP contribution in [0, 0.1) is 14.1 Å². The molecule has 0 heterocycles. The van der Waals surface area contributed by atoms with E-state index in [2.05, 4.69) is 70.3 Å². The zero-order valence-electron chi connectivity index (χ0n) is 11.7. The third-order valence-electron chi connectivity index (χ3n) is 3.28. The van der Waals surface area contributed by atoms with E-state index in [4.69, 9.17) is 0 Å². The molecule has 0 aliphatic rings. The van der Waals surface area contributed by atoms with Gasteiger partial charge in [0.25, 0.3) is 0 Å². The number of hydrogen-bond donors (Lipinski definition) is 1. The van der Waals surface area contributed by atoms with E-state index in [1.807, 2.05) is 12.1 Å². The van der Waals surface area contributed by atoms with Crippen LogP contribution in [-0.2, 0) is 6.42 Å². The largest absolute Gasteiger partial charge is 0.506 e. The Morgan fingerprint density at radius 3 is 2.67 bits per heavy atom. The van der Waals surface area contributed by atoms with Crippen molar-refractivity contribution in [2.24, 2.45) is 0 Å². The number of halogens is 2. The highest BCUT2D eigenvalue weighted by molar-refractivity contribution is 14.1. The lowest BCUT2D eigenvalue weighted by Crippen LogP contribution is -2.02. The van der Waals surface area contributed by atoms with Crippen molar-refractivity contribution >= 4 is 51.0 Å². The molecule has 0 fully saturated rings. The smallest absolute Gasteiger partial charge is 0.166 e. The van der Waals surface area contributed by atoms with Gasteiger partial charge < -0.3 is 5.11 Å². The Morgan fingerprint density at radius 1 is 1.19 bits per heavy atom. The molecule has 0 saturated heterocycles. The number of phenolic OH excluding ortho intramolecular Hbond substituents is 1. The predicted molar refractivity (Wildman–Crippen MR) is 102 cm³/mol. The molecule has 0 atom stereocenters. The quantitative estimate of drug-likeness (QED) is 0.452. The van der Waals surface area contributed by atoms with Gasteiger partial charge in [-0.2, -0.15) is 0 Å². The fourth-order valence-electron chi connectivity index (χ4n) is 2.23. The van der Waals surface area contributed by atoms with Crippen LogP contribution in [0.4, 0.5) is 0 Å². The van der Waals surface area contributed by atoms with Crippen molar-refractivity contribution in [3.63, 3.8) is 0 Å². The number of benzene rings is 2. The van der Waals surface area contributed by atoms with Gasteiger partial charge in [0.15, 0.2) is 5.78 Å². The number of Topliss-reactive ketones (excluding diaryl/α,β-unsaturated/α-hetero) is 1. The summed E-state index contributed by atoms with van der Waals surface area (Å²) in [5.41, 5.74) is 2.93. The fourth-order valence-corrected chi connectivity index (χ4v) is 4.08. The van der Waals surface area contributed by atoms with Gasteiger partial charge in [0.1, 0.15) is 5.75 Å². The number of aromatic hydroxyl groups is 1. The summed E-state index contributed by atoms with van der Waals surface area (Å²) in [6, 6.07) is 12.0. The second-order valence-electron chi connectivity index (χ2n) is 5.05. The van der Waals surface area contributed by atoms with E-state index < -0.39 is 0 Å². The summed E-state index contributed by atoms with van der Waals surface area (Å²) >= 11 is 4.22. The number of hydrogen-bond acceptors (Lipinski definition) is 2. The van der Waals surface area contributed by atoms with Crippen LogP contribution >= 0.6 is 45.2 Å². The van der Waals surface area contributed by atoms with Crippen molar-refractivity contribution < 1.29 is 9.90 Å². The van der Waals surface area contributed by atoms with Gasteiger partial charge in [-0.15, -0.1) is 0 Å². The summed E-state index contributed by atoms with van der Waals surface area (Å²) < 4.78 is 1.69. The summed E-state index contributed by atoms with van der Waals surface area (Å²) in [6.45, 7) is 2.07. The van der Waals surface area contributed by atoms with Crippen LogP contribution in [0.1, 0.15) is 34.3 Å². The van der Waals surface area contributed by atoms with Crippen LogP contribution in [0.2, 0.25) is 0 Å². The molecule has 0 aliphatic heterocycles. The first kappa shape index (κ1) is 16.7. The summed E-state index contributed by atoms with van der Waals surface area (Å²) in [5.74, 6) is 0.119. The molecule has 2 aromatic carbocycles. The Balaban J connectivity index is 1.99. The normalized spacial score (nSPS) is 10.6. The zero-order valence-corrected chi connectivity index (χ0v) is 16.0. The van der Waals surface area contributed by atoms with Gasteiger partial charge in [-0.1, -0.05) is 29.8 Å². The van der Waals surface area contributed by atoms with E-state index >= 15 is 0 Å². The van der Waals surface area contributed by atoms with Gasteiger partial charge in [0, 0.05) is 9.99 Å². The van der Waals surface area contributed by atoms with Crippen molar-refractivity contribution in [1.82, 2.24) is 0 Å². The zero-order chi connectivity index (χ0) is 15.4. The average Bonchev–Trinajstić information content (AvgIpc) is 2.42. The van der Waals surface area contributed by atoms with Crippen LogP contribution in [0.5, 0.6) is 5.75 Å². The standard InChI is InChI=1S/C17H16I2O2/c1-11-4-2-5-12(8-11)6-3-7-16(20)14-9-13(18)10-15(19)17(14)21/h2,4-5,8-10,21H,3,6-7H2,1H3. The van der Waals surface area contributed by atoms with Gasteiger partial charge in [0.2, 0.25) is 0 Å². The number of carbonyl (C=O) groups is 1. The van der Waals surface area contributed by atoms with Crippen LogP contribution in [0.15, 0.2) is 36.4 Å². The lowest BCUT2D eigenvalue weighted by atomic mass is 10.0. The number of ketones is 1. The fraction of sp³-hybridized carbons (Fsp3) is 0.235. The van der Waals surface area contributed by atoms with Crippen molar-refractivity contribution in [3.8, 4) is 5.75 Å². The molecule has 0 bridgehead atoms. The third kappa shape index (κ3) is 4.67. The predicted octanol–water partition coefficient (Wildman–Crippen LogP) is 5.12. The molecule has 0 amide bonds. The molecule has 0 aromatic heterocycles. The molecule has 2 nitrogen and oxygen atoms in total. The summed E-state index contributed by atoms with van der Waals surface area (Å²) in [4.78, 5) is 12.3. The number of aryl methyl sites for hydroxylation is 2. The molecule has 110 valence electrons. The molecule has 2 aromatic rings. The monoisotopic (exact) mass is 506 g/mol. The van der Waals surface area contributed by atoms with Crippen LogP contribution in [0.25, 0.3) is 0 Å². The molecule has 0 saturated carbocycles. The molecule has 1 N–H and O–H groups in total. The lowest BCUT2D eigenvalue weighted by molar-refractivity contribution is 0.0977. The second kappa shape index (κ2) is 7.58. The molecule has 0 aliphatic carbocycles. The molecule has 4 heteroatoms. The van der Waals surface area contributed by atoms with E-state index in [0.29, 0.717) is 12.0 Å². The van der Waals surface area contributed by atoms with Crippen molar-refractivity contribution in [2.75, 3.05) is 0 Å². The lowest BCUT2D eigenvalue weighted by Gasteiger charge is -2.07. The Kier molecular flexibility index (Phi) is 6.04. The minimum atomic E-state index is 0.0107. The summed E-state index contributed by atoms with van der Waals surface area (Å²) in [5, 5.41) is 10.0. The maximum Gasteiger partial charge on any atom is 0.166 e. The Labute approximate surface area is 152 Å². The highest BCUT2D eigenvalue weighted by Gasteiger charge is 2.14. The molecule has 0 unspecified atom stereocenters. The summed E-state index contributed by atoms with van der Waals surface area (Å²) in [7, 11) is 0. The van der Waals surface area contributed by atoms with Gasteiger partial charge >= 0.3 is 0 Å². The van der Waals surface area contributed by atoms with Gasteiger partial charge in [-0.05, 0) is 82.6 Å². The topological polar surface area (TPSA) is 37.3 Å². The number of carbonyl (C=O) groups excluding carboxylic acids is 1. The first-order valence-corrected chi connectivity index (χ1v) is 8.90. The highest BCUT2D eigenvalue weighted by Crippen LogP contribution is 2.28. The molecular weight excluding hydrogens is 490 g/mol. The van der Waals surface area contributed by atoms with Crippen LogP contribution in [0.3, 0.4) is 0 Å². The maximum absolute atomic E-state index is 12.3. The Hall–Kier alpha value is -0.630. The summed E-state index contributed by atoms with van der Waals surface area (Å²) in [6.07, 6.45) is 2.14. The number of phenols is 1. The van der Waals surface area contributed by atoms with E-state index in [1.54, 1.807) is 6.07 Å². The minimum Gasteiger partial charge on any atom is -0.506 e. The molecule has 21 heavy (non-hydrogen) atoms. The van der Waals surface area contributed by atoms with Crippen LogP contribution in [-0.4, -0.2) is 10.9 Å². The first-order chi connectivity index (χ1) is 9.97. The molecule has 0 spiro atoms. The number of rotatable bonds is 5. The van der Waals surface area contributed by atoms with E-state index in [0.717, 1.165) is 20.0 Å². The van der Waals surface area contributed by atoms with Crippen molar-refractivity contribution in [2.45, 2.75) is 26.2 Å². The highest BCUT2D eigenvalue weighted by atomic mass is 127. The average molecular weight is 506 g/mol. The minimum absolute atomic E-state index is 0.0107. The van der Waals surface area contributed by atoms with Crippen molar-refractivity contribution in [1.29, 1.82) is 0 Å².